The molecule has 0 unspecified atom stereocenters. The van der Waals surface area contributed by atoms with Gasteiger partial charge in [0.15, 0.2) is 0 Å². The van der Waals surface area contributed by atoms with Gasteiger partial charge in [0.1, 0.15) is 5.41 Å². The molecule has 1 aromatic rings. The zero-order chi connectivity index (χ0) is 14.6. The fourth-order valence-electron chi connectivity index (χ4n) is 1.26. The maximum atomic E-state index is 12.1. The van der Waals surface area contributed by atoms with Gasteiger partial charge in [0, 0.05) is 0 Å². The number of amides is 2. The molecule has 0 fully saturated rings. The Morgan fingerprint density at radius 3 is 2.21 bits per heavy atom. The molecule has 19 heavy (non-hydrogen) atoms. The average molecular weight is 279 g/mol. The third-order valence-electron chi connectivity index (χ3n) is 2.73. The van der Waals surface area contributed by atoms with E-state index in [1.165, 1.54) is 18.9 Å². The third kappa shape index (κ3) is 3.51. The molecular weight excluding hydrogens is 262 g/mol. The first-order chi connectivity index (χ1) is 8.76. The van der Waals surface area contributed by atoms with Crippen molar-refractivity contribution in [3.8, 4) is 0 Å². The minimum Gasteiger partial charge on any atom is -0.369 e. The van der Waals surface area contributed by atoms with Gasteiger partial charge in [-0.15, -0.1) is 0 Å². The summed E-state index contributed by atoms with van der Waals surface area (Å²) in [5.41, 5.74) is 7.22. The van der Waals surface area contributed by atoms with Crippen LogP contribution in [0.2, 0.25) is 0 Å². The van der Waals surface area contributed by atoms with E-state index in [2.05, 4.69) is 5.43 Å². The van der Waals surface area contributed by atoms with E-state index in [0.29, 0.717) is 10.7 Å². The smallest absolute Gasteiger partial charge is 0.253 e. The highest BCUT2D eigenvalue weighted by Gasteiger charge is 2.35. The van der Waals surface area contributed by atoms with Crippen molar-refractivity contribution in [1.82, 2.24) is 5.43 Å². The number of carbonyl (C=O) groups excluding carboxylic acids is 2. The number of thiocarbonyl (C=S) groups is 1. The number of hydrazine groups is 1. The van der Waals surface area contributed by atoms with Crippen molar-refractivity contribution in [2.75, 3.05) is 5.01 Å². The van der Waals surface area contributed by atoms with E-state index in [-0.39, 0.29) is 0 Å². The second kappa shape index (κ2) is 5.79. The molecule has 1 rings (SSSR count). The fraction of sp³-hybridized carbons (Fsp3) is 0.308. The Labute approximate surface area is 117 Å². The van der Waals surface area contributed by atoms with E-state index < -0.39 is 17.2 Å². The Balaban J connectivity index is 2.96. The van der Waals surface area contributed by atoms with Gasteiger partial charge < -0.3 is 5.73 Å². The highest BCUT2D eigenvalue weighted by molar-refractivity contribution is 7.80. The standard InChI is InChI=1S/C13H17N3O2S/c1-9(19)16(10-7-5-4-6-8-10)15-12(18)13(2,3)11(14)17/h4-8H,1-3H3,(H2,14,17)(H,15,18). The van der Waals surface area contributed by atoms with Gasteiger partial charge in [-0.05, 0) is 32.9 Å². The Morgan fingerprint density at radius 2 is 1.79 bits per heavy atom. The van der Waals surface area contributed by atoms with Gasteiger partial charge in [-0.2, -0.15) is 0 Å². The molecule has 0 aromatic heterocycles. The van der Waals surface area contributed by atoms with Crippen LogP contribution >= 0.6 is 12.2 Å². The maximum Gasteiger partial charge on any atom is 0.253 e. The van der Waals surface area contributed by atoms with Gasteiger partial charge >= 0.3 is 0 Å². The predicted molar refractivity (Wildman–Crippen MR) is 78.3 cm³/mol. The molecule has 0 saturated carbocycles. The molecule has 0 spiro atoms. The number of anilines is 1. The summed E-state index contributed by atoms with van der Waals surface area (Å²) in [4.78, 5) is 23.8. The molecule has 0 bridgehead atoms. The molecular formula is C13H17N3O2S. The van der Waals surface area contributed by atoms with E-state index in [1.54, 1.807) is 19.1 Å². The van der Waals surface area contributed by atoms with Crippen molar-refractivity contribution in [3.05, 3.63) is 30.3 Å². The lowest BCUT2D eigenvalue weighted by atomic mass is 9.92. The molecule has 0 aliphatic carbocycles. The second-order valence-electron chi connectivity index (χ2n) is 4.62. The lowest BCUT2D eigenvalue weighted by Gasteiger charge is -2.28. The molecule has 6 heteroatoms. The van der Waals surface area contributed by atoms with Crippen LogP contribution in [0, 0.1) is 5.41 Å². The number of rotatable bonds is 3. The fourth-order valence-corrected chi connectivity index (χ4v) is 1.41. The van der Waals surface area contributed by atoms with Gasteiger partial charge in [0.05, 0.1) is 10.7 Å². The summed E-state index contributed by atoms with van der Waals surface area (Å²) in [6.07, 6.45) is 0. The van der Waals surface area contributed by atoms with E-state index in [9.17, 15) is 9.59 Å². The SMILES string of the molecule is CC(=S)N(NC(=O)C(C)(C)C(N)=O)c1ccccc1. The van der Waals surface area contributed by atoms with Crippen LogP contribution in [0.25, 0.3) is 0 Å². The minimum atomic E-state index is -1.31. The number of para-hydroxylation sites is 1. The van der Waals surface area contributed by atoms with Crippen molar-refractivity contribution < 1.29 is 9.59 Å². The topological polar surface area (TPSA) is 75.4 Å². The van der Waals surface area contributed by atoms with Gasteiger partial charge in [0.2, 0.25) is 5.91 Å². The summed E-state index contributed by atoms with van der Waals surface area (Å²) in [5, 5.41) is 1.45. The van der Waals surface area contributed by atoms with Crippen molar-refractivity contribution >= 4 is 34.7 Å². The van der Waals surface area contributed by atoms with E-state index in [0.717, 1.165) is 0 Å². The van der Waals surface area contributed by atoms with Gasteiger partial charge in [-0.25, -0.2) is 5.01 Å². The number of carbonyl (C=O) groups is 2. The van der Waals surface area contributed by atoms with Crippen LogP contribution in [0.4, 0.5) is 5.69 Å². The minimum absolute atomic E-state index is 0.458. The van der Waals surface area contributed by atoms with Gasteiger partial charge in [-0.3, -0.25) is 15.0 Å². The first-order valence-electron chi connectivity index (χ1n) is 5.73. The number of hydrogen-bond acceptors (Lipinski definition) is 3. The van der Waals surface area contributed by atoms with E-state index >= 15 is 0 Å². The number of hydrogen-bond donors (Lipinski definition) is 2. The number of nitrogens with zero attached hydrogens (tertiary/aromatic N) is 1. The normalized spacial score (nSPS) is 10.7. The monoisotopic (exact) mass is 279 g/mol. The Bertz CT molecular complexity index is 500. The molecule has 0 heterocycles. The Morgan fingerprint density at radius 1 is 1.26 bits per heavy atom. The van der Waals surface area contributed by atoms with Crippen LogP contribution in [0.15, 0.2) is 30.3 Å². The average Bonchev–Trinajstić information content (AvgIpc) is 2.35. The number of nitrogens with one attached hydrogen (secondary N) is 1. The first-order valence-corrected chi connectivity index (χ1v) is 6.14. The van der Waals surface area contributed by atoms with Crippen LogP contribution in [0.1, 0.15) is 20.8 Å². The Hall–Kier alpha value is -1.95. The summed E-state index contributed by atoms with van der Waals surface area (Å²) in [7, 11) is 0. The zero-order valence-electron chi connectivity index (χ0n) is 11.1. The zero-order valence-corrected chi connectivity index (χ0v) is 12.0. The molecule has 0 aliphatic rings. The van der Waals surface area contributed by atoms with Gasteiger partial charge in [0.25, 0.3) is 5.91 Å². The summed E-state index contributed by atoms with van der Waals surface area (Å²) >= 11 is 5.10. The maximum absolute atomic E-state index is 12.1. The first kappa shape index (κ1) is 15.1. The van der Waals surface area contributed by atoms with Gasteiger partial charge in [-0.1, -0.05) is 30.4 Å². The molecule has 102 valence electrons. The molecule has 0 saturated heterocycles. The van der Waals surface area contributed by atoms with E-state index in [1.807, 2.05) is 18.2 Å². The summed E-state index contributed by atoms with van der Waals surface area (Å²) in [6, 6.07) is 9.11. The van der Waals surface area contributed by atoms with Crippen LogP contribution in [0.3, 0.4) is 0 Å². The van der Waals surface area contributed by atoms with Crippen LogP contribution in [-0.4, -0.2) is 16.8 Å². The van der Waals surface area contributed by atoms with Crippen LogP contribution < -0.4 is 16.2 Å². The highest BCUT2D eigenvalue weighted by atomic mass is 32.1. The van der Waals surface area contributed by atoms with Crippen LogP contribution in [0.5, 0.6) is 0 Å². The lowest BCUT2D eigenvalue weighted by molar-refractivity contribution is -0.139. The largest absolute Gasteiger partial charge is 0.369 e. The summed E-state index contributed by atoms with van der Waals surface area (Å²) in [6.45, 7) is 4.61. The molecule has 0 radical (unpaired) electrons. The highest BCUT2D eigenvalue weighted by Crippen LogP contribution is 2.17. The molecule has 5 nitrogen and oxygen atoms in total. The quantitative estimate of drug-likeness (QED) is 0.498. The van der Waals surface area contributed by atoms with Crippen LogP contribution in [-0.2, 0) is 9.59 Å². The second-order valence-corrected chi connectivity index (χ2v) is 5.21. The third-order valence-corrected chi connectivity index (χ3v) is 2.91. The van der Waals surface area contributed by atoms with Crippen molar-refractivity contribution in [3.63, 3.8) is 0 Å². The molecule has 3 N–H and O–H groups in total. The van der Waals surface area contributed by atoms with Crippen molar-refractivity contribution in [2.24, 2.45) is 11.1 Å². The van der Waals surface area contributed by atoms with Crippen molar-refractivity contribution in [2.45, 2.75) is 20.8 Å². The number of primary amides is 1. The molecule has 2 amide bonds. The predicted octanol–water partition coefficient (Wildman–Crippen LogP) is 1.38. The molecule has 1 aromatic carbocycles. The molecule has 0 atom stereocenters. The van der Waals surface area contributed by atoms with E-state index in [4.69, 9.17) is 18.0 Å². The number of benzene rings is 1. The van der Waals surface area contributed by atoms with Crippen molar-refractivity contribution in [1.29, 1.82) is 0 Å². The Kier molecular flexibility index (Phi) is 4.61. The molecule has 0 aliphatic heterocycles. The lowest BCUT2D eigenvalue weighted by Crippen LogP contribution is -2.53. The number of nitrogens with two attached hydrogens (primary N) is 1. The summed E-state index contributed by atoms with van der Waals surface area (Å²) in [5.74, 6) is -1.20. The summed E-state index contributed by atoms with van der Waals surface area (Å²) < 4.78 is 0.